The molecule has 0 bridgehead atoms. The van der Waals surface area contributed by atoms with Crippen LogP contribution >= 0.6 is 0 Å². The van der Waals surface area contributed by atoms with Crippen molar-refractivity contribution in [2.24, 2.45) is 0 Å². The Morgan fingerprint density at radius 1 is 1.17 bits per heavy atom. The third-order valence-electron chi connectivity index (χ3n) is 7.74. The Morgan fingerprint density at radius 3 is 2.61 bits per heavy atom. The van der Waals surface area contributed by atoms with Gasteiger partial charge in [-0.1, -0.05) is 36.9 Å². The fraction of sp³-hybridized carbons (Fsp3) is 0.333. The lowest BCUT2D eigenvalue weighted by molar-refractivity contribution is -0.128. The van der Waals surface area contributed by atoms with Crippen molar-refractivity contribution in [3.63, 3.8) is 0 Å². The van der Waals surface area contributed by atoms with E-state index in [4.69, 9.17) is 4.98 Å². The number of fused-ring (bicyclic) bond motifs is 2. The van der Waals surface area contributed by atoms with E-state index in [1.54, 1.807) is 4.90 Å². The van der Waals surface area contributed by atoms with Gasteiger partial charge in [-0.15, -0.1) is 0 Å². The lowest BCUT2D eigenvalue weighted by atomic mass is 9.95. The van der Waals surface area contributed by atoms with Crippen molar-refractivity contribution in [3.05, 3.63) is 71.4 Å². The van der Waals surface area contributed by atoms with Gasteiger partial charge >= 0.3 is 0 Å². The summed E-state index contributed by atoms with van der Waals surface area (Å²) in [6.45, 7) is 7.85. The molecule has 11 heteroatoms. The molecule has 210 valence electrons. The minimum Gasteiger partial charge on any atom is -0.366 e. The van der Waals surface area contributed by atoms with E-state index in [-0.39, 0.29) is 23.7 Å². The van der Waals surface area contributed by atoms with Crippen LogP contribution in [-0.2, 0) is 27.8 Å². The molecule has 3 heterocycles. The number of piperazine rings is 1. The zero-order valence-electron chi connectivity index (χ0n) is 23.1. The number of nitrogens with one attached hydrogen (secondary N) is 1. The van der Waals surface area contributed by atoms with Crippen molar-refractivity contribution in [1.82, 2.24) is 9.88 Å². The molecule has 1 fully saturated rings. The molecule has 2 aliphatic rings. The van der Waals surface area contributed by atoms with Gasteiger partial charge in [0, 0.05) is 42.8 Å². The molecule has 0 radical (unpaired) electrons. The maximum atomic E-state index is 12.5. The molecule has 0 unspecified atom stereocenters. The summed E-state index contributed by atoms with van der Waals surface area (Å²) in [6, 6.07) is 16.4. The van der Waals surface area contributed by atoms with Gasteiger partial charge < -0.3 is 14.7 Å². The zero-order chi connectivity index (χ0) is 29.3. The van der Waals surface area contributed by atoms with E-state index >= 15 is 0 Å². The summed E-state index contributed by atoms with van der Waals surface area (Å²) >= 11 is 0. The number of aryl methyl sites for hydroxylation is 1. The minimum atomic E-state index is -3.73. The highest BCUT2D eigenvalue weighted by Crippen LogP contribution is 2.39. The second kappa shape index (κ2) is 11.1. The molecule has 2 aliphatic heterocycles. The molecule has 1 aromatic heterocycles. The molecule has 41 heavy (non-hydrogen) atoms. The van der Waals surface area contributed by atoms with Gasteiger partial charge in [-0.3, -0.25) is 9.52 Å². The van der Waals surface area contributed by atoms with E-state index in [0.717, 1.165) is 33.8 Å². The summed E-state index contributed by atoms with van der Waals surface area (Å²) in [5.41, 5.74) is 4.56. The number of hydrogen-bond acceptors (Lipinski definition) is 8. The van der Waals surface area contributed by atoms with Gasteiger partial charge in [0.25, 0.3) is 0 Å². The van der Waals surface area contributed by atoms with E-state index < -0.39 is 16.1 Å². The van der Waals surface area contributed by atoms with Gasteiger partial charge in [0.2, 0.25) is 15.9 Å². The maximum Gasteiger partial charge on any atom is 0.246 e. The Labute approximate surface area is 240 Å². The third-order valence-corrected chi connectivity index (χ3v) is 8.30. The van der Waals surface area contributed by atoms with Crippen LogP contribution in [0.2, 0.25) is 0 Å². The lowest BCUT2D eigenvalue weighted by Gasteiger charge is -2.43. The number of nitrogens with zero attached hydrogens (tertiary/aromatic N) is 6. The fourth-order valence-corrected chi connectivity index (χ4v) is 6.48. The van der Waals surface area contributed by atoms with Crippen LogP contribution in [0.15, 0.2) is 49.1 Å². The highest BCUT2D eigenvalue weighted by molar-refractivity contribution is 7.92. The number of carbonyl (C=O) groups is 1. The molecule has 0 saturated carbocycles. The van der Waals surface area contributed by atoms with E-state index in [9.17, 15) is 23.7 Å². The lowest BCUT2D eigenvalue weighted by Crippen LogP contribution is -2.55. The van der Waals surface area contributed by atoms with Crippen molar-refractivity contribution >= 4 is 43.9 Å². The van der Waals surface area contributed by atoms with Crippen LogP contribution < -0.4 is 14.5 Å². The number of amides is 1. The van der Waals surface area contributed by atoms with Crippen LogP contribution in [0, 0.1) is 29.6 Å². The number of pyridine rings is 1. The van der Waals surface area contributed by atoms with Crippen LogP contribution in [0.3, 0.4) is 0 Å². The summed E-state index contributed by atoms with van der Waals surface area (Å²) in [6.07, 6.45) is 2.98. The first-order valence-corrected chi connectivity index (χ1v) is 15.3. The van der Waals surface area contributed by atoms with Crippen molar-refractivity contribution in [2.45, 2.75) is 32.4 Å². The van der Waals surface area contributed by atoms with Gasteiger partial charge in [0.05, 0.1) is 42.7 Å². The number of benzene rings is 2. The summed E-state index contributed by atoms with van der Waals surface area (Å²) in [5.74, 6) is -0.260. The van der Waals surface area contributed by atoms with Crippen LogP contribution in [-0.4, -0.2) is 62.7 Å². The second-order valence-electron chi connectivity index (χ2n) is 10.4. The van der Waals surface area contributed by atoms with Gasteiger partial charge in [-0.25, -0.2) is 13.4 Å². The smallest absolute Gasteiger partial charge is 0.246 e. The molecule has 0 aliphatic carbocycles. The molecule has 3 aromatic rings. The molecule has 1 N–H and O–H groups in total. The molecular formula is C30H31N7O3S. The first kappa shape index (κ1) is 27.9. The van der Waals surface area contributed by atoms with Gasteiger partial charge in [0.1, 0.15) is 11.6 Å². The normalized spacial score (nSPS) is 17.0. The van der Waals surface area contributed by atoms with Crippen molar-refractivity contribution in [3.8, 4) is 12.1 Å². The average molecular weight is 570 g/mol. The Kier molecular flexibility index (Phi) is 7.57. The summed E-state index contributed by atoms with van der Waals surface area (Å²) in [7, 11) is -3.73. The van der Waals surface area contributed by atoms with Crippen LogP contribution in [0.5, 0.6) is 0 Å². The molecule has 1 atom stereocenters. The van der Waals surface area contributed by atoms with E-state index in [2.05, 4.69) is 59.5 Å². The number of nitriles is 2. The highest BCUT2D eigenvalue weighted by Gasteiger charge is 2.35. The second-order valence-corrected chi connectivity index (χ2v) is 12.2. The Balaban J connectivity index is 1.61. The molecule has 2 aromatic carbocycles. The first-order chi connectivity index (χ1) is 19.6. The highest BCUT2D eigenvalue weighted by atomic mass is 32.2. The van der Waals surface area contributed by atoms with Crippen molar-refractivity contribution in [2.75, 3.05) is 47.0 Å². The molecular weight excluding hydrogens is 538 g/mol. The standard InChI is InChI=1S/C30H31N7O3S/c1-4-27(38)37-16-15-36(18-22(37)11-13-31)29-23-12-14-35(26-10-6-9-21-8-5-7-20(2)28(21)26)19-25(23)33-30(24(29)17-32)34-41(3,39)40/h4-10,22H,1,11-12,14-16,18-19H2,2-3H3,(H,33,34)/t22-/m0/s1. The van der Waals surface area contributed by atoms with E-state index in [1.165, 1.54) is 6.08 Å². The number of aromatic nitrogens is 1. The number of hydrogen-bond donors (Lipinski definition) is 1. The van der Waals surface area contributed by atoms with E-state index in [1.807, 2.05) is 17.0 Å². The number of sulfonamides is 1. The summed E-state index contributed by atoms with van der Waals surface area (Å²) in [4.78, 5) is 23.1. The predicted molar refractivity (Wildman–Crippen MR) is 159 cm³/mol. The SMILES string of the molecule is C=CC(=O)N1CCN(c2c(C#N)c(NS(C)(=O)=O)nc3c2CCN(c2cccc4cccc(C)c24)C3)C[C@@H]1CC#N. The van der Waals surface area contributed by atoms with E-state index in [0.29, 0.717) is 50.5 Å². The van der Waals surface area contributed by atoms with Crippen molar-refractivity contribution < 1.29 is 13.2 Å². The first-order valence-electron chi connectivity index (χ1n) is 13.4. The topological polar surface area (TPSA) is 133 Å². The molecule has 0 spiro atoms. The Morgan fingerprint density at radius 2 is 1.93 bits per heavy atom. The monoisotopic (exact) mass is 569 g/mol. The maximum absolute atomic E-state index is 12.5. The average Bonchev–Trinajstić information content (AvgIpc) is 2.95. The molecule has 5 rings (SSSR count). The van der Waals surface area contributed by atoms with Crippen molar-refractivity contribution in [1.29, 1.82) is 10.5 Å². The number of rotatable bonds is 6. The predicted octanol–water partition coefficient (Wildman–Crippen LogP) is 3.47. The summed E-state index contributed by atoms with van der Waals surface area (Å²) in [5, 5.41) is 22.0. The number of carbonyl (C=O) groups excluding carboxylic acids is 1. The number of anilines is 3. The quantitative estimate of drug-likeness (QED) is 0.446. The fourth-order valence-electron chi connectivity index (χ4n) is 5.98. The minimum absolute atomic E-state index is 0.0128. The van der Waals surface area contributed by atoms with Crippen LogP contribution in [0.1, 0.15) is 28.8 Å². The Hall–Kier alpha value is -4.61. The summed E-state index contributed by atoms with van der Waals surface area (Å²) < 4.78 is 27.1. The van der Waals surface area contributed by atoms with Gasteiger partial charge in [0.15, 0.2) is 5.82 Å². The molecule has 1 amide bonds. The van der Waals surface area contributed by atoms with Crippen LogP contribution in [0.25, 0.3) is 10.8 Å². The van der Waals surface area contributed by atoms with Crippen LogP contribution in [0.4, 0.5) is 17.2 Å². The third kappa shape index (κ3) is 5.41. The molecule has 1 saturated heterocycles. The molecule has 10 nitrogen and oxygen atoms in total. The Bertz CT molecular complexity index is 1730. The van der Waals surface area contributed by atoms with Gasteiger partial charge in [-0.05, 0) is 36.4 Å². The largest absolute Gasteiger partial charge is 0.366 e. The zero-order valence-corrected chi connectivity index (χ0v) is 23.9. The van der Waals surface area contributed by atoms with Gasteiger partial charge in [-0.2, -0.15) is 10.5 Å².